The molecule has 3 heterocycles. The van der Waals surface area contributed by atoms with Crippen LogP contribution in [-0.4, -0.2) is 70.7 Å². The molecule has 4 rings (SSSR count). The number of anilines is 1. The Kier molecular flexibility index (Phi) is 6.07. The summed E-state index contributed by atoms with van der Waals surface area (Å²) in [5, 5.41) is 14.7. The van der Waals surface area contributed by atoms with Crippen LogP contribution in [0.5, 0.6) is 0 Å². The number of aromatic amines is 1. The normalized spacial score (nSPS) is 18.6. The highest BCUT2D eigenvalue weighted by Gasteiger charge is 2.42. The molecule has 33 heavy (non-hydrogen) atoms. The minimum atomic E-state index is -4.78. The van der Waals surface area contributed by atoms with E-state index in [1.807, 2.05) is 16.1 Å². The number of rotatable bonds is 4. The van der Waals surface area contributed by atoms with Gasteiger partial charge in [-0.15, -0.1) is 0 Å². The summed E-state index contributed by atoms with van der Waals surface area (Å²) in [6.45, 7) is 2.67. The first-order valence-corrected chi connectivity index (χ1v) is 10.5. The van der Waals surface area contributed by atoms with Gasteiger partial charge >= 0.3 is 6.18 Å². The van der Waals surface area contributed by atoms with Crippen molar-refractivity contribution in [2.75, 3.05) is 44.7 Å². The lowest BCUT2D eigenvalue weighted by atomic mass is 10.1. The lowest BCUT2D eigenvalue weighted by Crippen LogP contribution is -2.50. The van der Waals surface area contributed by atoms with Gasteiger partial charge in [0.05, 0.1) is 23.8 Å². The summed E-state index contributed by atoms with van der Waals surface area (Å²) in [4.78, 5) is 34.4. The number of carbonyl (C=O) groups is 1. The molecule has 1 aliphatic carbocycles. The van der Waals surface area contributed by atoms with Crippen LogP contribution in [0.4, 0.5) is 19.0 Å². The van der Waals surface area contributed by atoms with Gasteiger partial charge in [-0.2, -0.15) is 23.5 Å². The van der Waals surface area contributed by atoms with E-state index in [0.717, 1.165) is 5.82 Å². The number of nitrogens with one attached hydrogen (secondary N) is 1. The zero-order chi connectivity index (χ0) is 23.8. The number of aromatic nitrogens is 3. The van der Waals surface area contributed by atoms with Crippen molar-refractivity contribution in [2.45, 2.75) is 25.1 Å². The number of amides is 1. The van der Waals surface area contributed by atoms with Crippen LogP contribution in [0.1, 0.15) is 34.8 Å². The number of hydrogen-bond acceptors (Lipinski definition) is 7. The first-order valence-electron chi connectivity index (χ1n) is 10.5. The van der Waals surface area contributed by atoms with Gasteiger partial charge in [-0.05, 0) is 30.5 Å². The van der Waals surface area contributed by atoms with Gasteiger partial charge in [0.1, 0.15) is 17.5 Å². The van der Waals surface area contributed by atoms with E-state index < -0.39 is 23.3 Å². The van der Waals surface area contributed by atoms with E-state index in [9.17, 15) is 22.8 Å². The topological polar surface area (TPSA) is 109 Å². The molecule has 174 valence electrons. The Bertz CT molecular complexity index is 1130. The van der Waals surface area contributed by atoms with Crippen LogP contribution in [0.15, 0.2) is 23.1 Å². The molecule has 1 amide bonds. The van der Waals surface area contributed by atoms with E-state index in [2.05, 4.69) is 15.0 Å². The summed E-state index contributed by atoms with van der Waals surface area (Å²) < 4.78 is 40.0. The zero-order valence-electron chi connectivity index (χ0n) is 17.9. The second-order valence-electron chi connectivity index (χ2n) is 8.13. The van der Waals surface area contributed by atoms with Gasteiger partial charge in [-0.25, -0.2) is 10.1 Å². The van der Waals surface area contributed by atoms with Gasteiger partial charge in [0.15, 0.2) is 0 Å². The Morgan fingerprint density at radius 1 is 1.30 bits per heavy atom. The second kappa shape index (κ2) is 8.82. The molecular formula is C21H22F3N7O2. The molecule has 1 atom stereocenters. The minimum absolute atomic E-state index is 0.0413. The van der Waals surface area contributed by atoms with Crippen molar-refractivity contribution in [3.63, 3.8) is 0 Å². The van der Waals surface area contributed by atoms with Crippen molar-refractivity contribution >= 4 is 11.7 Å². The standard InChI is InChI=1S/C21H22F3N7O2/c1-29(15-4-3-14-18(21(22,23)24)20(33)28-27-19(14)15)17(32)12-30-6-8-31(9-7-30)16-5-2-13(10-25)11-26-16/h2,5,11,15H,3-4,6-9,12H2,1H3,(H,28,33). The minimum Gasteiger partial charge on any atom is -0.354 e. The molecule has 12 heteroatoms. The molecule has 0 radical (unpaired) electrons. The Labute approximate surface area is 187 Å². The molecule has 2 aromatic rings. The van der Waals surface area contributed by atoms with Crippen LogP contribution >= 0.6 is 0 Å². The number of pyridine rings is 1. The number of nitriles is 1. The van der Waals surface area contributed by atoms with Crippen LogP contribution in [0.3, 0.4) is 0 Å². The number of nitrogens with zero attached hydrogens (tertiary/aromatic N) is 6. The highest BCUT2D eigenvalue weighted by molar-refractivity contribution is 5.78. The maximum Gasteiger partial charge on any atom is 0.422 e. The quantitative estimate of drug-likeness (QED) is 0.732. The number of halogens is 3. The van der Waals surface area contributed by atoms with Crippen molar-refractivity contribution in [3.8, 4) is 6.07 Å². The molecular weight excluding hydrogens is 439 g/mol. The fraction of sp³-hybridized carbons (Fsp3) is 0.476. The van der Waals surface area contributed by atoms with E-state index in [0.29, 0.717) is 31.7 Å². The lowest BCUT2D eigenvalue weighted by Gasteiger charge is -2.36. The summed E-state index contributed by atoms with van der Waals surface area (Å²) in [6.07, 6.45) is -2.94. The zero-order valence-corrected chi connectivity index (χ0v) is 17.9. The summed E-state index contributed by atoms with van der Waals surface area (Å²) in [5.74, 6) is 0.541. The fourth-order valence-corrected chi connectivity index (χ4v) is 4.37. The first kappa shape index (κ1) is 22.7. The third kappa shape index (κ3) is 4.54. The smallest absolute Gasteiger partial charge is 0.354 e. The number of piperazine rings is 1. The van der Waals surface area contributed by atoms with Crippen molar-refractivity contribution in [1.82, 2.24) is 25.0 Å². The summed E-state index contributed by atoms with van der Waals surface area (Å²) in [7, 11) is 1.55. The van der Waals surface area contributed by atoms with Gasteiger partial charge in [-0.3, -0.25) is 14.5 Å². The summed E-state index contributed by atoms with van der Waals surface area (Å²) in [6, 6.07) is 4.91. The molecule has 1 saturated heterocycles. The Hall–Kier alpha value is -3.46. The third-order valence-electron chi connectivity index (χ3n) is 6.18. The maximum atomic E-state index is 13.3. The predicted octanol–water partition coefficient (Wildman–Crippen LogP) is 1.32. The van der Waals surface area contributed by atoms with Crippen LogP contribution < -0.4 is 10.5 Å². The van der Waals surface area contributed by atoms with Gasteiger partial charge in [-0.1, -0.05) is 0 Å². The number of alkyl halides is 3. The van der Waals surface area contributed by atoms with Gasteiger partial charge in [0.25, 0.3) is 5.56 Å². The van der Waals surface area contributed by atoms with Crippen LogP contribution in [0.25, 0.3) is 0 Å². The van der Waals surface area contributed by atoms with E-state index in [-0.39, 0.29) is 36.6 Å². The van der Waals surface area contributed by atoms with E-state index in [4.69, 9.17) is 5.26 Å². The van der Waals surface area contributed by atoms with E-state index >= 15 is 0 Å². The highest BCUT2D eigenvalue weighted by atomic mass is 19.4. The Balaban J connectivity index is 1.38. The van der Waals surface area contributed by atoms with Crippen LogP contribution in [0, 0.1) is 11.3 Å². The van der Waals surface area contributed by atoms with Gasteiger partial charge < -0.3 is 9.80 Å². The summed E-state index contributed by atoms with van der Waals surface area (Å²) in [5.41, 5.74) is -2.01. The van der Waals surface area contributed by atoms with Crippen molar-refractivity contribution < 1.29 is 18.0 Å². The third-order valence-corrected chi connectivity index (χ3v) is 6.18. The van der Waals surface area contributed by atoms with Gasteiger partial charge in [0.2, 0.25) is 5.91 Å². The molecule has 9 nitrogen and oxygen atoms in total. The summed E-state index contributed by atoms with van der Waals surface area (Å²) >= 11 is 0. The lowest BCUT2D eigenvalue weighted by molar-refractivity contribution is -0.139. The molecule has 0 aromatic carbocycles. The highest BCUT2D eigenvalue weighted by Crippen LogP contribution is 2.39. The fourth-order valence-electron chi connectivity index (χ4n) is 4.37. The SMILES string of the molecule is CN(C(=O)CN1CCN(c2ccc(C#N)cn2)CC1)C1CCc2c1n[nH]c(=O)c2C(F)(F)F. The predicted molar refractivity (Wildman–Crippen MR) is 111 cm³/mol. The number of H-pyrrole nitrogens is 1. The number of hydrogen-bond donors (Lipinski definition) is 1. The number of likely N-dealkylation sites (N-methyl/N-ethyl adjacent to an activating group) is 1. The Morgan fingerprint density at radius 2 is 2.03 bits per heavy atom. The molecule has 2 aliphatic rings. The molecule has 2 aromatic heterocycles. The van der Waals surface area contributed by atoms with E-state index in [1.54, 1.807) is 19.2 Å². The molecule has 0 bridgehead atoms. The molecule has 0 saturated carbocycles. The average molecular weight is 461 g/mol. The van der Waals surface area contributed by atoms with E-state index in [1.165, 1.54) is 11.1 Å². The first-order chi connectivity index (χ1) is 15.7. The van der Waals surface area contributed by atoms with Crippen molar-refractivity contribution in [1.29, 1.82) is 5.26 Å². The molecule has 1 fully saturated rings. The van der Waals surface area contributed by atoms with Crippen LogP contribution in [0.2, 0.25) is 0 Å². The molecule has 0 spiro atoms. The Morgan fingerprint density at radius 3 is 2.64 bits per heavy atom. The maximum absolute atomic E-state index is 13.3. The molecule has 1 N–H and O–H groups in total. The van der Waals surface area contributed by atoms with Crippen LogP contribution in [-0.2, 0) is 17.4 Å². The molecule has 1 unspecified atom stereocenters. The van der Waals surface area contributed by atoms with Crippen molar-refractivity contribution in [3.05, 3.63) is 51.1 Å². The molecule has 1 aliphatic heterocycles. The number of fused-ring (bicyclic) bond motifs is 1. The second-order valence-corrected chi connectivity index (χ2v) is 8.13. The van der Waals surface area contributed by atoms with Gasteiger partial charge in [0, 0.05) is 39.4 Å². The number of carbonyl (C=O) groups excluding carboxylic acids is 1. The largest absolute Gasteiger partial charge is 0.422 e. The van der Waals surface area contributed by atoms with Crippen molar-refractivity contribution in [2.24, 2.45) is 0 Å². The average Bonchev–Trinajstić information content (AvgIpc) is 3.21. The monoisotopic (exact) mass is 461 g/mol.